The molecule has 3 nitrogen and oxygen atoms in total. The van der Waals surface area contributed by atoms with E-state index in [1.165, 1.54) is 27.9 Å². The smallest absolute Gasteiger partial charge is 0.343 e. The van der Waals surface area contributed by atoms with E-state index in [0.29, 0.717) is 23.1 Å². The van der Waals surface area contributed by atoms with Crippen molar-refractivity contribution in [3.05, 3.63) is 107 Å². The maximum atomic E-state index is 12.3. The highest BCUT2D eigenvalue weighted by atomic mass is 16.5. The van der Waals surface area contributed by atoms with Gasteiger partial charge in [0, 0.05) is 11.6 Å². The Balaban J connectivity index is 1.40. The average Bonchev–Trinajstić information content (AvgIpc) is 3.23. The zero-order valence-corrected chi connectivity index (χ0v) is 17.3. The van der Waals surface area contributed by atoms with E-state index >= 15 is 0 Å². The Morgan fingerprint density at radius 1 is 1.00 bits per heavy atom. The second-order valence-corrected chi connectivity index (χ2v) is 8.34. The van der Waals surface area contributed by atoms with E-state index in [2.05, 4.69) is 55.6 Å². The van der Waals surface area contributed by atoms with Crippen LogP contribution in [0.5, 0.6) is 5.75 Å². The molecule has 1 N–H and O–H groups in total. The number of carbonyl (C=O) groups excluding carboxylic acids is 1. The summed E-state index contributed by atoms with van der Waals surface area (Å²) in [6.45, 7) is 4.36. The molecule has 0 radical (unpaired) electrons. The first-order chi connectivity index (χ1) is 14.6. The van der Waals surface area contributed by atoms with Gasteiger partial charge in [-0.25, -0.2) is 4.79 Å². The van der Waals surface area contributed by atoms with Crippen LogP contribution in [0.25, 0.3) is 0 Å². The van der Waals surface area contributed by atoms with Crippen molar-refractivity contribution in [2.24, 2.45) is 5.92 Å². The Hall–Kier alpha value is -3.33. The Morgan fingerprint density at radius 3 is 2.53 bits per heavy atom. The van der Waals surface area contributed by atoms with Crippen LogP contribution < -0.4 is 10.1 Å². The molecular formula is C27H25NO2. The number of hydrogen-bond acceptors (Lipinski definition) is 3. The lowest BCUT2D eigenvalue weighted by Crippen LogP contribution is -2.29. The van der Waals surface area contributed by atoms with Crippen LogP contribution >= 0.6 is 0 Å². The number of esters is 1. The highest BCUT2D eigenvalue weighted by molar-refractivity contribution is 5.90. The number of fused-ring (bicyclic) bond motifs is 3. The van der Waals surface area contributed by atoms with Crippen molar-refractivity contribution >= 4 is 11.7 Å². The van der Waals surface area contributed by atoms with Crippen molar-refractivity contribution in [2.45, 2.75) is 32.2 Å². The molecule has 0 bridgehead atoms. The molecule has 2 aliphatic rings. The lowest BCUT2D eigenvalue weighted by molar-refractivity contribution is 0.0734. The molecule has 0 unspecified atom stereocenters. The highest BCUT2D eigenvalue weighted by Gasteiger charge is 2.38. The molecule has 0 aromatic heterocycles. The molecule has 30 heavy (non-hydrogen) atoms. The van der Waals surface area contributed by atoms with Gasteiger partial charge in [0.2, 0.25) is 0 Å². The van der Waals surface area contributed by atoms with Gasteiger partial charge in [-0.2, -0.15) is 0 Å². The molecular weight excluding hydrogens is 370 g/mol. The van der Waals surface area contributed by atoms with Crippen LogP contribution in [0.3, 0.4) is 0 Å². The van der Waals surface area contributed by atoms with Gasteiger partial charge in [0.15, 0.2) is 0 Å². The fourth-order valence-electron chi connectivity index (χ4n) is 4.95. The average molecular weight is 396 g/mol. The van der Waals surface area contributed by atoms with Crippen molar-refractivity contribution in [3.8, 4) is 5.75 Å². The SMILES string of the molecule is Cc1cc(C)c2c(c1)N[C@@H](c1ccc(OC(=O)c3ccccc3)cc1)[C@H]1CC=C[C@@H]21. The van der Waals surface area contributed by atoms with Gasteiger partial charge in [-0.05, 0) is 78.8 Å². The minimum absolute atomic E-state index is 0.234. The summed E-state index contributed by atoms with van der Waals surface area (Å²) in [6.07, 6.45) is 5.75. The summed E-state index contributed by atoms with van der Waals surface area (Å²) in [5.74, 6) is 1.18. The third-order valence-electron chi connectivity index (χ3n) is 6.28. The summed E-state index contributed by atoms with van der Waals surface area (Å²) in [4.78, 5) is 12.3. The standard InChI is InChI=1S/C27H25NO2/c1-17-15-18(2)25-22-9-6-10-23(22)26(28-24(25)16-17)19-11-13-21(14-12-19)30-27(29)20-7-4-3-5-8-20/h3-9,11-16,22-23,26,28H,10H2,1-2H3/t22-,23+,26+/m1/s1. The van der Waals surface area contributed by atoms with Crippen molar-refractivity contribution in [3.63, 3.8) is 0 Å². The normalized spacial score (nSPS) is 21.5. The molecule has 0 saturated heterocycles. The molecule has 1 aliphatic carbocycles. The van der Waals surface area contributed by atoms with Crippen LogP contribution in [0.15, 0.2) is 78.9 Å². The number of carbonyl (C=O) groups is 1. The quantitative estimate of drug-likeness (QED) is 0.319. The number of ether oxygens (including phenoxy) is 1. The summed E-state index contributed by atoms with van der Waals surface area (Å²) in [7, 11) is 0. The largest absolute Gasteiger partial charge is 0.423 e. The third kappa shape index (κ3) is 3.30. The molecule has 3 aromatic rings. The highest BCUT2D eigenvalue weighted by Crippen LogP contribution is 2.51. The van der Waals surface area contributed by atoms with Gasteiger partial charge in [0.1, 0.15) is 5.75 Å². The number of anilines is 1. The van der Waals surface area contributed by atoms with Gasteiger partial charge in [0.05, 0.1) is 11.6 Å². The predicted molar refractivity (Wildman–Crippen MR) is 120 cm³/mol. The molecule has 0 saturated carbocycles. The summed E-state index contributed by atoms with van der Waals surface area (Å²) < 4.78 is 5.55. The Bertz CT molecular complexity index is 1120. The van der Waals surface area contributed by atoms with E-state index in [9.17, 15) is 4.79 Å². The fraction of sp³-hybridized carbons (Fsp3) is 0.222. The Labute approximate surface area is 177 Å². The van der Waals surface area contributed by atoms with Crippen LogP contribution in [0.2, 0.25) is 0 Å². The van der Waals surface area contributed by atoms with Gasteiger partial charge < -0.3 is 10.1 Å². The summed E-state index contributed by atoms with van der Waals surface area (Å²) in [5.41, 5.74) is 7.09. The molecule has 5 rings (SSSR count). The monoisotopic (exact) mass is 395 g/mol. The van der Waals surface area contributed by atoms with Crippen LogP contribution in [0.4, 0.5) is 5.69 Å². The maximum absolute atomic E-state index is 12.3. The van der Waals surface area contributed by atoms with Gasteiger partial charge in [-0.1, -0.05) is 48.6 Å². The predicted octanol–water partition coefficient (Wildman–Crippen LogP) is 6.35. The van der Waals surface area contributed by atoms with Gasteiger partial charge in [-0.15, -0.1) is 0 Å². The number of allylic oxidation sites excluding steroid dienone is 2. The third-order valence-corrected chi connectivity index (χ3v) is 6.28. The lowest BCUT2D eigenvalue weighted by Gasteiger charge is -2.38. The van der Waals surface area contributed by atoms with Crippen molar-refractivity contribution in [2.75, 3.05) is 5.32 Å². The summed E-state index contributed by atoms with van der Waals surface area (Å²) in [6, 6.07) is 21.8. The van der Waals surface area contributed by atoms with E-state index in [-0.39, 0.29) is 12.0 Å². The molecule has 3 atom stereocenters. The van der Waals surface area contributed by atoms with E-state index in [1.54, 1.807) is 12.1 Å². The van der Waals surface area contributed by atoms with Crippen molar-refractivity contribution in [1.29, 1.82) is 0 Å². The van der Waals surface area contributed by atoms with Crippen LogP contribution in [-0.2, 0) is 0 Å². The molecule has 1 aliphatic heterocycles. The fourth-order valence-corrected chi connectivity index (χ4v) is 4.95. The van der Waals surface area contributed by atoms with Gasteiger partial charge >= 0.3 is 5.97 Å². The molecule has 0 fully saturated rings. The second kappa shape index (κ2) is 7.49. The first-order valence-electron chi connectivity index (χ1n) is 10.5. The Kier molecular flexibility index (Phi) is 4.66. The lowest BCUT2D eigenvalue weighted by atomic mass is 9.75. The molecule has 3 aromatic carbocycles. The van der Waals surface area contributed by atoms with Crippen LogP contribution in [0.1, 0.15) is 51.0 Å². The summed E-state index contributed by atoms with van der Waals surface area (Å²) >= 11 is 0. The van der Waals surface area contributed by atoms with Crippen LogP contribution in [-0.4, -0.2) is 5.97 Å². The zero-order valence-electron chi connectivity index (χ0n) is 17.3. The number of rotatable bonds is 3. The molecule has 0 spiro atoms. The first-order valence-corrected chi connectivity index (χ1v) is 10.5. The maximum Gasteiger partial charge on any atom is 0.343 e. The summed E-state index contributed by atoms with van der Waals surface area (Å²) in [5, 5.41) is 3.80. The Morgan fingerprint density at radius 2 is 1.77 bits per heavy atom. The van der Waals surface area contributed by atoms with E-state index in [0.717, 1.165) is 6.42 Å². The van der Waals surface area contributed by atoms with Crippen LogP contribution in [0, 0.1) is 19.8 Å². The number of nitrogens with one attached hydrogen (secondary N) is 1. The number of benzene rings is 3. The molecule has 150 valence electrons. The van der Waals surface area contributed by atoms with E-state index in [1.807, 2.05) is 30.3 Å². The topological polar surface area (TPSA) is 38.3 Å². The number of hydrogen-bond donors (Lipinski definition) is 1. The minimum Gasteiger partial charge on any atom is -0.423 e. The zero-order chi connectivity index (χ0) is 20.7. The molecule has 1 heterocycles. The van der Waals surface area contributed by atoms with Gasteiger partial charge in [-0.3, -0.25) is 0 Å². The van der Waals surface area contributed by atoms with Crippen molar-refractivity contribution < 1.29 is 9.53 Å². The van der Waals surface area contributed by atoms with E-state index in [4.69, 9.17) is 4.74 Å². The van der Waals surface area contributed by atoms with Crippen molar-refractivity contribution in [1.82, 2.24) is 0 Å². The molecule has 0 amide bonds. The van der Waals surface area contributed by atoms with Gasteiger partial charge in [0.25, 0.3) is 0 Å². The second-order valence-electron chi connectivity index (χ2n) is 8.34. The van der Waals surface area contributed by atoms with E-state index < -0.39 is 0 Å². The first kappa shape index (κ1) is 18.7. The molecule has 3 heteroatoms. The number of aryl methyl sites for hydroxylation is 2. The minimum atomic E-state index is -0.334.